The summed E-state index contributed by atoms with van der Waals surface area (Å²) in [4.78, 5) is 28.8. The number of anilines is 1. The van der Waals surface area contributed by atoms with Gasteiger partial charge in [-0.05, 0) is 24.8 Å². The van der Waals surface area contributed by atoms with E-state index in [1.54, 1.807) is 23.4 Å². The SMILES string of the molecule is O=C(c1ncc(F)cc1F)N1C[C@H]2CC[C@@H]1CN(c1ncccn1)C2. The Morgan fingerprint density at radius 3 is 2.64 bits per heavy atom. The highest BCUT2D eigenvalue weighted by Crippen LogP contribution is 2.30. The van der Waals surface area contributed by atoms with Gasteiger partial charge in [0.05, 0.1) is 6.20 Å². The Balaban J connectivity index is 1.59. The lowest BCUT2D eigenvalue weighted by atomic mass is 9.94. The lowest BCUT2D eigenvalue weighted by Gasteiger charge is -2.35. The average Bonchev–Trinajstić information content (AvgIpc) is 2.94. The van der Waals surface area contributed by atoms with Crippen molar-refractivity contribution in [1.29, 1.82) is 0 Å². The zero-order chi connectivity index (χ0) is 17.4. The Morgan fingerprint density at radius 1 is 1.08 bits per heavy atom. The van der Waals surface area contributed by atoms with Crippen LogP contribution < -0.4 is 4.90 Å². The number of aromatic nitrogens is 3. The summed E-state index contributed by atoms with van der Waals surface area (Å²) in [7, 11) is 0. The van der Waals surface area contributed by atoms with Crippen LogP contribution in [0, 0.1) is 17.6 Å². The normalized spacial score (nSPS) is 22.8. The van der Waals surface area contributed by atoms with Crippen molar-refractivity contribution in [3.05, 3.63) is 48.1 Å². The van der Waals surface area contributed by atoms with Gasteiger partial charge in [-0.25, -0.2) is 23.7 Å². The van der Waals surface area contributed by atoms with E-state index in [0.29, 0.717) is 25.1 Å². The molecule has 2 aromatic rings. The monoisotopic (exact) mass is 345 g/mol. The van der Waals surface area contributed by atoms with Gasteiger partial charge in [-0.15, -0.1) is 0 Å². The number of nitrogens with zero attached hydrogens (tertiary/aromatic N) is 5. The second kappa shape index (κ2) is 6.34. The molecule has 5 heterocycles. The van der Waals surface area contributed by atoms with Gasteiger partial charge in [0.2, 0.25) is 5.95 Å². The largest absolute Gasteiger partial charge is 0.338 e. The van der Waals surface area contributed by atoms with Gasteiger partial charge in [0, 0.05) is 44.1 Å². The average molecular weight is 345 g/mol. The van der Waals surface area contributed by atoms with Crippen LogP contribution in [0.1, 0.15) is 23.3 Å². The molecule has 3 aliphatic rings. The van der Waals surface area contributed by atoms with Gasteiger partial charge in [0.25, 0.3) is 5.91 Å². The van der Waals surface area contributed by atoms with Crippen LogP contribution in [0.5, 0.6) is 0 Å². The third kappa shape index (κ3) is 3.04. The smallest absolute Gasteiger partial charge is 0.275 e. The molecule has 3 aliphatic heterocycles. The molecule has 1 amide bonds. The van der Waals surface area contributed by atoms with Crippen LogP contribution in [-0.4, -0.2) is 51.4 Å². The van der Waals surface area contributed by atoms with Gasteiger partial charge in [-0.3, -0.25) is 4.79 Å². The first kappa shape index (κ1) is 15.9. The van der Waals surface area contributed by atoms with E-state index < -0.39 is 17.5 Å². The fraction of sp³-hybridized carbons (Fsp3) is 0.412. The third-order valence-corrected chi connectivity index (χ3v) is 4.82. The number of pyridine rings is 1. The van der Waals surface area contributed by atoms with E-state index in [1.807, 2.05) is 0 Å². The van der Waals surface area contributed by atoms with Crippen LogP contribution in [0.2, 0.25) is 0 Å². The number of rotatable bonds is 2. The van der Waals surface area contributed by atoms with Crippen molar-refractivity contribution < 1.29 is 13.6 Å². The minimum atomic E-state index is -0.923. The molecule has 2 aromatic heterocycles. The predicted molar refractivity (Wildman–Crippen MR) is 85.9 cm³/mol. The van der Waals surface area contributed by atoms with Crippen molar-refractivity contribution in [3.63, 3.8) is 0 Å². The maximum Gasteiger partial charge on any atom is 0.275 e. The zero-order valence-electron chi connectivity index (χ0n) is 13.5. The summed E-state index contributed by atoms with van der Waals surface area (Å²) < 4.78 is 27.0. The number of halogens is 2. The summed E-state index contributed by atoms with van der Waals surface area (Å²) in [6, 6.07) is 2.39. The molecule has 0 aliphatic carbocycles. The van der Waals surface area contributed by atoms with E-state index in [-0.39, 0.29) is 17.7 Å². The highest BCUT2D eigenvalue weighted by Gasteiger charge is 2.39. The summed E-state index contributed by atoms with van der Waals surface area (Å²) >= 11 is 0. The Labute approximate surface area is 143 Å². The molecule has 0 N–H and O–H groups in total. The van der Waals surface area contributed by atoms with Crippen LogP contribution >= 0.6 is 0 Å². The predicted octanol–water partition coefficient (Wildman–Crippen LogP) is 1.89. The number of hydrogen-bond donors (Lipinski definition) is 0. The van der Waals surface area contributed by atoms with Crippen LogP contribution in [0.25, 0.3) is 0 Å². The molecule has 2 bridgehead atoms. The van der Waals surface area contributed by atoms with Gasteiger partial charge >= 0.3 is 0 Å². The van der Waals surface area contributed by atoms with Crippen LogP contribution in [0.3, 0.4) is 0 Å². The molecule has 6 nitrogen and oxygen atoms in total. The van der Waals surface area contributed by atoms with Crippen molar-refractivity contribution >= 4 is 11.9 Å². The highest BCUT2D eigenvalue weighted by atomic mass is 19.1. The molecule has 3 saturated heterocycles. The fourth-order valence-electron chi connectivity index (χ4n) is 3.66. The van der Waals surface area contributed by atoms with Gasteiger partial charge in [-0.1, -0.05) is 0 Å². The van der Waals surface area contributed by atoms with Crippen molar-refractivity contribution in [2.75, 3.05) is 24.5 Å². The molecular formula is C17H17F2N5O. The van der Waals surface area contributed by atoms with Crippen molar-refractivity contribution in [3.8, 4) is 0 Å². The second-order valence-corrected chi connectivity index (χ2v) is 6.49. The lowest BCUT2D eigenvalue weighted by Crippen LogP contribution is -2.48. The van der Waals surface area contributed by atoms with Crippen LogP contribution in [-0.2, 0) is 0 Å². The number of carbonyl (C=O) groups is 1. The Kier molecular flexibility index (Phi) is 4.03. The first-order chi connectivity index (χ1) is 12.1. The zero-order valence-corrected chi connectivity index (χ0v) is 13.5. The van der Waals surface area contributed by atoms with Crippen molar-refractivity contribution in [1.82, 2.24) is 19.9 Å². The third-order valence-electron chi connectivity index (χ3n) is 4.82. The Hall–Kier alpha value is -2.64. The minimum Gasteiger partial charge on any atom is -0.338 e. The summed E-state index contributed by atoms with van der Waals surface area (Å²) in [6.45, 7) is 1.88. The molecule has 5 rings (SSSR count). The Bertz CT molecular complexity index is 788. The van der Waals surface area contributed by atoms with Crippen LogP contribution in [0.15, 0.2) is 30.7 Å². The quantitative estimate of drug-likeness (QED) is 0.832. The first-order valence-corrected chi connectivity index (χ1v) is 8.26. The highest BCUT2D eigenvalue weighted by molar-refractivity contribution is 5.93. The molecule has 0 unspecified atom stereocenters. The van der Waals surface area contributed by atoms with Crippen molar-refractivity contribution in [2.45, 2.75) is 18.9 Å². The van der Waals surface area contributed by atoms with Gasteiger partial charge in [0.15, 0.2) is 11.5 Å². The van der Waals surface area contributed by atoms with Gasteiger partial charge in [-0.2, -0.15) is 0 Å². The maximum atomic E-state index is 14.0. The first-order valence-electron chi connectivity index (χ1n) is 8.26. The molecule has 8 heteroatoms. The lowest BCUT2D eigenvalue weighted by molar-refractivity contribution is 0.0580. The summed E-state index contributed by atoms with van der Waals surface area (Å²) in [5, 5.41) is 0. The van der Waals surface area contributed by atoms with E-state index in [0.717, 1.165) is 25.6 Å². The summed E-state index contributed by atoms with van der Waals surface area (Å²) in [5.41, 5.74) is -0.323. The van der Waals surface area contributed by atoms with Gasteiger partial charge in [0.1, 0.15) is 5.82 Å². The molecule has 3 fully saturated rings. The molecule has 0 spiro atoms. The molecular weight excluding hydrogens is 328 g/mol. The van der Waals surface area contributed by atoms with E-state index in [4.69, 9.17) is 0 Å². The molecule has 25 heavy (non-hydrogen) atoms. The van der Waals surface area contributed by atoms with Gasteiger partial charge < -0.3 is 9.80 Å². The number of hydrogen-bond acceptors (Lipinski definition) is 5. The molecule has 0 aromatic carbocycles. The molecule has 130 valence electrons. The van der Waals surface area contributed by atoms with E-state index >= 15 is 0 Å². The minimum absolute atomic E-state index is 0.0682. The number of piperidine rings is 1. The molecule has 0 radical (unpaired) electrons. The van der Waals surface area contributed by atoms with Crippen molar-refractivity contribution in [2.24, 2.45) is 5.92 Å². The Morgan fingerprint density at radius 2 is 1.88 bits per heavy atom. The number of amides is 1. The topological polar surface area (TPSA) is 62.2 Å². The van der Waals surface area contributed by atoms with E-state index in [2.05, 4.69) is 19.9 Å². The van der Waals surface area contributed by atoms with E-state index in [1.165, 1.54) is 0 Å². The standard InChI is InChI=1S/C17H17F2N5O/c18-12-6-14(19)15(22-7-12)16(25)24-9-11-2-3-13(24)10-23(8-11)17-20-4-1-5-21-17/h1,4-7,11,13H,2-3,8-10H2/t11-,13+/m0/s1. The molecule has 2 atom stereocenters. The summed E-state index contributed by atoms with van der Waals surface area (Å²) in [6.07, 6.45) is 6.09. The number of carbonyl (C=O) groups excluding carboxylic acids is 1. The summed E-state index contributed by atoms with van der Waals surface area (Å²) in [5.74, 6) is -1.30. The number of fused-ring (bicyclic) bond motifs is 4. The van der Waals surface area contributed by atoms with E-state index in [9.17, 15) is 13.6 Å². The fourth-order valence-corrected chi connectivity index (χ4v) is 3.66. The van der Waals surface area contributed by atoms with Crippen LogP contribution in [0.4, 0.5) is 14.7 Å². The maximum absolute atomic E-state index is 14.0. The molecule has 0 saturated carbocycles. The second-order valence-electron chi connectivity index (χ2n) is 6.49.